The van der Waals surface area contributed by atoms with Crippen LogP contribution in [0, 0.1) is 5.41 Å². The summed E-state index contributed by atoms with van der Waals surface area (Å²) >= 11 is 0. The minimum atomic E-state index is -0.190. The molecule has 0 spiro atoms. The predicted octanol–water partition coefficient (Wildman–Crippen LogP) is 3.81. The van der Waals surface area contributed by atoms with E-state index in [1.165, 1.54) is 6.07 Å². The Labute approximate surface area is 97.9 Å². The molecular weight excluding hydrogens is 200 g/mol. The van der Waals surface area contributed by atoms with Crippen LogP contribution in [-0.2, 0) is 5.41 Å². The number of phenolic OH excluding ortho intramolecular Hbond substituents is 2. The second-order valence-electron chi connectivity index (χ2n) is 5.56. The molecule has 1 aromatic carbocycles. The van der Waals surface area contributed by atoms with Gasteiger partial charge in [-0.2, -0.15) is 0 Å². The highest BCUT2D eigenvalue weighted by Gasteiger charge is 2.38. The fraction of sp³-hybridized carbons (Fsp3) is 0.571. The summed E-state index contributed by atoms with van der Waals surface area (Å²) in [4.78, 5) is 0. The zero-order chi connectivity index (χ0) is 12.6. The van der Waals surface area contributed by atoms with Gasteiger partial charge in [0.25, 0.3) is 0 Å². The summed E-state index contributed by atoms with van der Waals surface area (Å²) in [5.74, 6) is 0.456. The average molecular weight is 222 g/mol. The van der Waals surface area contributed by atoms with Crippen molar-refractivity contribution in [3.63, 3.8) is 0 Å². The zero-order valence-electron chi connectivity index (χ0n) is 10.8. The maximum atomic E-state index is 9.92. The molecule has 16 heavy (non-hydrogen) atoms. The molecule has 0 amide bonds. The number of benzene rings is 1. The van der Waals surface area contributed by atoms with Gasteiger partial charge < -0.3 is 10.2 Å². The van der Waals surface area contributed by atoms with Crippen LogP contribution in [0.4, 0.5) is 0 Å². The van der Waals surface area contributed by atoms with Crippen molar-refractivity contribution in [3.8, 4) is 11.5 Å². The van der Waals surface area contributed by atoms with Gasteiger partial charge in [0, 0.05) is 5.56 Å². The molecule has 2 heteroatoms. The van der Waals surface area contributed by atoms with Crippen molar-refractivity contribution >= 4 is 0 Å². The van der Waals surface area contributed by atoms with Gasteiger partial charge in [-0.3, -0.25) is 0 Å². The molecule has 0 aliphatic rings. The van der Waals surface area contributed by atoms with E-state index < -0.39 is 0 Å². The van der Waals surface area contributed by atoms with Gasteiger partial charge in [0.15, 0.2) is 0 Å². The Morgan fingerprint density at radius 3 is 2.12 bits per heavy atom. The first-order valence-corrected chi connectivity index (χ1v) is 5.75. The third-order valence-electron chi connectivity index (χ3n) is 4.23. The highest BCUT2D eigenvalue weighted by Crippen LogP contribution is 2.47. The number of rotatable bonds is 3. The molecule has 2 N–H and O–H groups in total. The zero-order valence-corrected chi connectivity index (χ0v) is 10.8. The van der Waals surface area contributed by atoms with Crippen LogP contribution >= 0.6 is 0 Å². The fourth-order valence-electron chi connectivity index (χ4n) is 1.83. The van der Waals surface area contributed by atoms with Gasteiger partial charge in [-0.15, -0.1) is 0 Å². The normalized spacial score (nSPS) is 12.8. The van der Waals surface area contributed by atoms with E-state index >= 15 is 0 Å². The molecule has 1 aromatic rings. The predicted molar refractivity (Wildman–Crippen MR) is 66.9 cm³/mol. The molecule has 1 rings (SSSR count). The summed E-state index contributed by atoms with van der Waals surface area (Å²) in [7, 11) is 0. The molecule has 0 aromatic heterocycles. The summed E-state index contributed by atoms with van der Waals surface area (Å²) in [5.41, 5.74) is 0.669. The Morgan fingerprint density at radius 2 is 1.62 bits per heavy atom. The maximum absolute atomic E-state index is 9.92. The lowest BCUT2D eigenvalue weighted by Gasteiger charge is -2.42. The minimum Gasteiger partial charge on any atom is -0.508 e. The molecule has 0 saturated carbocycles. The first kappa shape index (κ1) is 12.9. The van der Waals surface area contributed by atoms with Crippen LogP contribution in [0.25, 0.3) is 0 Å². The van der Waals surface area contributed by atoms with Crippen molar-refractivity contribution < 1.29 is 10.2 Å². The van der Waals surface area contributed by atoms with E-state index in [0.717, 1.165) is 12.0 Å². The lowest BCUT2D eigenvalue weighted by molar-refractivity contribution is 0.184. The molecule has 90 valence electrons. The van der Waals surface area contributed by atoms with Gasteiger partial charge in [0.1, 0.15) is 11.5 Å². The van der Waals surface area contributed by atoms with E-state index in [-0.39, 0.29) is 22.3 Å². The van der Waals surface area contributed by atoms with Gasteiger partial charge in [0.05, 0.1) is 0 Å². The first-order valence-electron chi connectivity index (χ1n) is 5.75. The van der Waals surface area contributed by atoms with Crippen molar-refractivity contribution in [2.45, 2.75) is 46.5 Å². The van der Waals surface area contributed by atoms with Gasteiger partial charge >= 0.3 is 0 Å². The smallest absolute Gasteiger partial charge is 0.119 e. The Balaban J connectivity index is 3.31. The number of aromatic hydroxyl groups is 2. The lowest BCUT2D eigenvalue weighted by Crippen LogP contribution is -2.36. The third-order valence-corrected chi connectivity index (χ3v) is 4.23. The molecule has 0 unspecified atom stereocenters. The second-order valence-corrected chi connectivity index (χ2v) is 5.56. The van der Waals surface area contributed by atoms with Crippen LogP contribution in [0.3, 0.4) is 0 Å². The van der Waals surface area contributed by atoms with Crippen molar-refractivity contribution in [2.24, 2.45) is 5.41 Å². The van der Waals surface area contributed by atoms with E-state index in [1.54, 1.807) is 12.1 Å². The highest BCUT2D eigenvalue weighted by molar-refractivity contribution is 5.44. The third kappa shape index (κ3) is 2.01. The van der Waals surface area contributed by atoms with Crippen LogP contribution in [0.1, 0.15) is 46.6 Å². The van der Waals surface area contributed by atoms with E-state index in [1.807, 2.05) is 0 Å². The van der Waals surface area contributed by atoms with E-state index in [4.69, 9.17) is 0 Å². The summed E-state index contributed by atoms with van der Waals surface area (Å²) in [6.07, 6.45) is 1.01. The molecule has 0 atom stereocenters. The van der Waals surface area contributed by atoms with Crippen molar-refractivity contribution in [1.29, 1.82) is 0 Å². The number of hydrogen-bond donors (Lipinski definition) is 2. The topological polar surface area (TPSA) is 40.5 Å². The maximum Gasteiger partial charge on any atom is 0.119 e. The number of phenols is 2. The van der Waals surface area contributed by atoms with Gasteiger partial charge in [-0.1, -0.05) is 41.0 Å². The molecule has 0 aliphatic heterocycles. The summed E-state index contributed by atoms with van der Waals surface area (Å²) in [6, 6.07) is 4.72. The van der Waals surface area contributed by atoms with Crippen LogP contribution in [0.2, 0.25) is 0 Å². The van der Waals surface area contributed by atoms with Crippen LogP contribution in [0.15, 0.2) is 18.2 Å². The molecule has 0 bridgehead atoms. The Morgan fingerprint density at radius 1 is 1.06 bits per heavy atom. The van der Waals surface area contributed by atoms with Crippen LogP contribution in [-0.4, -0.2) is 10.2 Å². The van der Waals surface area contributed by atoms with Crippen LogP contribution < -0.4 is 0 Å². The SMILES string of the molecule is CCC(C)(C)C(C)(C)c1cc(O)ccc1O. The Kier molecular flexibility index (Phi) is 3.22. The average Bonchev–Trinajstić information content (AvgIpc) is 2.21. The molecule has 0 aliphatic carbocycles. The lowest BCUT2D eigenvalue weighted by atomic mass is 9.62. The van der Waals surface area contributed by atoms with Crippen molar-refractivity contribution in [2.75, 3.05) is 0 Å². The second kappa shape index (κ2) is 4.00. The monoisotopic (exact) mass is 222 g/mol. The summed E-state index contributed by atoms with van der Waals surface area (Å²) in [5, 5.41) is 19.4. The molecule has 2 nitrogen and oxygen atoms in total. The number of hydrogen-bond acceptors (Lipinski definition) is 2. The molecule has 0 fully saturated rings. The molecule has 0 radical (unpaired) electrons. The Bertz CT molecular complexity index is 378. The van der Waals surface area contributed by atoms with Crippen LogP contribution in [0.5, 0.6) is 11.5 Å². The Hall–Kier alpha value is -1.18. The molecule has 0 saturated heterocycles. The van der Waals surface area contributed by atoms with E-state index in [0.29, 0.717) is 0 Å². The standard InChI is InChI=1S/C14H22O2/c1-6-13(2,3)14(4,5)11-9-10(15)7-8-12(11)16/h7-9,15-16H,6H2,1-5H3. The minimum absolute atomic E-state index is 0.0538. The van der Waals surface area contributed by atoms with Crippen molar-refractivity contribution in [3.05, 3.63) is 23.8 Å². The fourth-order valence-corrected chi connectivity index (χ4v) is 1.83. The van der Waals surface area contributed by atoms with Crippen molar-refractivity contribution in [1.82, 2.24) is 0 Å². The largest absolute Gasteiger partial charge is 0.508 e. The molecule has 0 heterocycles. The van der Waals surface area contributed by atoms with E-state index in [9.17, 15) is 10.2 Å². The van der Waals surface area contributed by atoms with E-state index in [2.05, 4.69) is 34.6 Å². The van der Waals surface area contributed by atoms with Gasteiger partial charge in [-0.25, -0.2) is 0 Å². The highest BCUT2D eigenvalue weighted by atomic mass is 16.3. The molecular formula is C14H22O2. The first-order chi connectivity index (χ1) is 7.22. The summed E-state index contributed by atoms with van der Waals surface area (Å²) in [6.45, 7) is 10.7. The quantitative estimate of drug-likeness (QED) is 0.763. The van der Waals surface area contributed by atoms with Gasteiger partial charge in [-0.05, 0) is 29.0 Å². The summed E-state index contributed by atoms with van der Waals surface area (Å²) < 4.78 is 0. The van der Waals surface area contributed by atoms with Gasteiger partial charge in [0.2, 0.25) is 0 Å².